The summed E-state index contributed by atoms with van der Waals surface area (Å²) in [6.45, 7) is 9.91. The molecule has 0 aliphatic carbocycles. The number of amides is 2. The number of hydrogen-bond acceptors (Lipinski definition) is 7. The second-order valence-electron chi connectivity index (χ2n) is 13.4. The van der Waals surface area contributed by atoms with Crippen molar-refractivity contribution in [3.8, 4) is 5.75 Å². The Hall–Kier alpha value is -4.24. The Morgan fingerprint density at radius 1 is 0.851 bits per heavy atom. The van der Waals surface area contributed by atoms with Crippen molar-refractivity contribution < 1.29 is 19.1 Å². The van der Waals surface area contributed by atoms with E-state index >= 15 is 0 Å². The molecule has 0 saturated carbocycles. The number of carbonyl (C=O) groups excluding carboxylic acids is 3. The molecule has 2 aromatic carbocycles. The Bertz CT molecular complexity index is 1520. The summed E-state index contributed by atoms with van der Waals surface area (Å²) in [4.78, 5) is 50.3. The van der Waals surface area contributed by atoms with E-state index in [4.69, 9.17) is 4.74 Å². The van der Waals surface area contributed by atoms with E-state index in [0.717, 1.165) is 56.9 Å². The van der Waals surface area contributed by atoms with Gasteiger partial charge in [-0.3, -0.25) is 24.3 Å². The van der Waals surface area contributed by atoms with Crippen LogP contribution in [0.25, 0.3) is 0 Å². The van der Waals surface area contributed by atoms with E-state index in [9.17, 15) is 14.4 Å². The molecule has 3 fully saturated rings. The van der Waals surface area contributed by atoms with E-state index in [1.54, 1.807) is 17.0 Å². The fraction of sp³-hybridized carbons (Fsp3) is 0.474. The van der Waals surface area contributed by atoms with Crippen LogP contribution in [0, 0.1) is 5.92 Å². The van der Waals surface area contributed by atoms with Gasteiger partial charge in [0.05, 0.1) is 11.7 Å². The summed E-state index contributed by atoms with van der Waals surface area (Å²) in [5.41, 5.74) is 3.92. The number of anilines is 1. The highest BCUT2D eigenvalue weighted by molar-refractivity contribution is 5.99. The predicted octanol–water partition coefficient (Wildman–Crippen LogP) is 5.60. The molecule has 9 heteroatoms. The molecule has 47 heavy (non-hydrogen) atoms. The molecule has 3 aliphatic rings. The third-order valence-electron chi connectivity index (χ3n) is 9.62. The second kappa shape index (κ2) is 15.1. The number of benzene rings is 2. The maximum absolute atomic E-state index is 13.2. The van der Waals surface area contributed by atoms with Crippen molar-refractivity contribution in [2.75, 3.05) is 44.2 Å². The Morgan fingerprint density at radius 3 is 2.21 bits per heavy atom. The molecule has 3 aliphatic heterocycles. The fourth-order valence-corrected chi connectivity index (χ4v) is 6.96. The monoisotopic (exact) mass is 637 g/mol. The number of pyridine rings is 1. The number of likely N-dealkylation sites (tertiary alicyclic amines) is 2. The van der Waals surface area contributed by atoms with E-state index in [2.05, 4.69) is 44.4 Å². The first-order valence-corrected chi connectivity index (χ1v) is 17.3. The lowest BCUT2D eigenvalue weighted by Gasteiger charge is -2.32. The zero-order valence-electron chi connectivity index (χ0n) is 27.7. The summed E-state index contributed by atoms with van der Waals surface area (Å²) in [5.74, 6) is 0.643. The van der Waals surface area contributed by atoms with Crippen LogP contribution in [-0.2, 0) is 6.54 Å². The van der Waals surface area contributed by atoms with Crippen LogP contribution in [-0.4, -0.2) is 83.8 Å². The largest absolute Gasteiger partial charge is 0.491 e. The highest BCUT2D eigenvalue weighted by Gasteiger charge is 2.29. The standard InChI is InChI=1S/C38H47N5O4/c1-27(2)47-34-7-5-6-28(24-34)26-41-20-16-32(17-21-41)40-37(45)31-10-13-35(39-25-31)38(46)43-22-14-30(15-23-43)36(44)29-8-11-33(12-9-29)42-18-3-4-19-42/h5-13,24-25,27,30,32H,3-4,14-23,26H2,1-2H3,(H,40,45). The number of aromatic nitrogens is 1. The SMILES string of the molecule is CC(C)Oc1cccc(CN2CCC(NC(=O)c3ccc(C(=O)N4CCC(C(=O)c5ccc(N6CCCC6)cc5)CC4)nc3)CC2)c1. The maximum atomic E-state index is 13.2. The highest BCUT2D eigenvalue weighted by Crippen LogP contribution is 2.26. The lowest BCUT2D eigenvalue weighted by atomic mass is 9.88. The molecule has 1 aromatic heterocycles. The smallest absolute Gasteiger partial charge is 0.272 e. The van der Waals surface area contributed by atoms with Crippen molar-refractivity contribution in [2.24, 2.45) is 5.92 Å². The van der Waals surface area contributed by atoms with Crippen molar-refractivity contribution in [3.05, 3.63) is 89.2 Å². The Morgan fingerprint density at radius 2 is 1.55 bits per heavy atom. The first kappa shape index (κ1) is 32.7. The van der Waals surface area contributed by atoms with E-state index < -0.39 is 0 Å². The molecule has 0 unspecified atom stereocenters. The molecule has 0 bridgehead atoms. The number of rotatable bonds is 10. The van der Waals surface area contributed by atoms with Gasteiger partial charge in [-0.05, 0) is 106 Å². The van der Waals surface area contributed by atoms with Gasteiger partial charge in [0.25, 0.3) is 11.8 Å². The van der Waals surface area contributed by atoms with Gasteiger partial charge in [-0.15, -0.1) is 0 Å². The van der Waals surface area contributed by atoms with Gasteiger partial charge in [0, 0.05) is 75.2 Å². The van der Waals surface area contributed by atoms with Gasteiger partial charge in [-0.2, -0.15) is 0 Å². The van der Waals surface area contributed by atoms with Crippen LogP contribution < -0.4 is 15.0 Å². The molecule has 2 amide bonds. The van der Waals surface area contributed by atoms with Crippen molar-refractivity contribution in [2.45, 2.75) is 71.1 Å². The van der Waals surface area contributed by atoms with Crippen LogP contribution in [0.2, 0.25) is 0 Å². The summed E-state index contributed by atoms with van der Waals surface area (Å²) < 4.78 is 5.83. The van der Waals surface area contributed by atoms with Crippen LogP contribution in [0.4, 0.5) is 5.69 Å². The zero-order valence-corrected chi connectivity index (χ0v) is 27.7. The van der Waals surface area contributed by atoms with Gasteiger partial charge in [0.1, 0.15) is 11.4 Å². The topological polar surface area (TPSA) is 95.1 Å². The molecular formula is C38H47N5O4. The summed E-state index contributed by atoms with van der Waals surface area (Å²) >= 11 is 0. The number of Topliss-reactive ketones (excluding diaryl/α,β-unsaturated/α-hetero) is 1. The minimum atomic E-state index is -0.165. The molecule has 4 heterocycles. The van der Waals surface area contributed by atoms with Crippen LogP contribution in [0.3, 0.4) is 0 Å². The molecule has 3 saturated heterocycles. The second-order valence-corrected chi connectivity index (χ2v) is 13.4. The number of hydrogen-bond donors (Lipinski definition) is 1. The number of carbonyl (C=O) groups is 3. The third kappa shape index (κ3) is 8.38. The minimum absolute atomic E-state index is 0.0851. The van der Waals surface area contributed by atoms with Gasteiger partial charge in [0.2, 0.25) is 0 Å². The van der Waals surface area contributed by atoms with Gasteiger partial charge in [-0.25, -0.2) is 0 Å². The molecule has 3 aromatic rings. The summed E-state index contributed by atoms with van der Waals surface area (Å²) in [7, 11) is 0. The van der Waals surface area contributed by atoms with Crippen LogP contribution in [0.5, 0.6) is 5.75 Å². The Labute approximate surface area is 278 Å². The van der Waals surface area contributed by atoms with Crippen LogP contribution in [0.1, 0.15) is 89.1 Å². The average molecular weight is 638 g/mol. The molecule has 6 rings (SSSR count). The van der Waals surface area contributed by atoms with Gasteiger partial charge < -0.3 is 19.9 Å². The molecule has 0 spiro atoms. The van der Waals surface area contributed by atoms with E-state index in [0.29, 0.717) is 37.2 Å². The van der Waals surface area contributed by atoms with Crippen molar-refractivity contribution in [3.63, 3.8) is 0 Å². The number of piperidine rings is 2. The lowest BCUT2D eigenvalue weighted by Crippen LogP contribution is -2.44. The highest BCUT2D eigenvalue weighted by atomic mass is 16.5. The average Bonchev–Trinajstić information content (AvgIpc) is 3.64. The number of nitrogens with one attached hydrogen (secondary N) is 1. The maximum Gasteiger partial charge on any atom is 0.272 e. The summed E-state index contributed by atoms with van der Waals surface area (Å²) in [5, 5.41) is 3.15. The fourth-order valence-electron chi connectivity index (χ4n) is 6.96. The number of ketones is 1. The van der Waals surface area contributed by atoms with Gasteiger partial charge >= 0.3 is 0 Å². The van der Waals surface area contributed by atoms with Gasteiger partial charge in [-0.1, -0.05) is 12.1 Å². The Kier molecular flexibility index (Phi) is 10.5. The van der Waals surface area contributed by atoms with Crippen molar-refractivity contribution in [1.82, 2.24) is 20.1 Å². The molecule has 0 atom stereocenters. The van der Waals surface area contributed by atoms with E-state index in [1.165, 1.54) is 30.3 Å². The molecular weight excluding hydrogens is 590 g/mol. The molecule has 1 N–H and O–H groups in total. The Balaban J connectivity index is 0.934. The van der Waals surface area contributed by atoms with Crippen molar-refractivity contribution >= 4 is 23.3 Å². The lowest BCUT2D eigenvalue weighted by molar-refractivity contribution is 0.0645. The first-order valence-electron chi connectivity index (χ1n) is 17.3. The van der Waals surface area contributed by atoms with E-state index in [-0.39, 0.29) is 35.7 Å². The molecule has 0 radical (unpaired) electrons. The first-order chi connectivity index (χ1) is 22.8. The molecule has 9 nitrogen and oxygen atoms in total. The molecule has 248 valence electrons. The number of nitrogens with zero attached hydrogens (tertiary/aromatic N) is 4. The normalized spacial score (nSPS) is 18.0. The van der Waals surface area contributed by atoms with Gasteiger partial charge in [0.15, 0.2) is 5.78 Å². The quantitative estimate of drug-likeness (QED) is 0.289. The number of ether oxygens (including phenoxy) is 1. The van der Waals surface area contributed by atoms with E-state index in [1.807, 2.05) is 38.1 Å². The minimum Gasteiger partial charge on any atom is -0.491 e. The summed E-state index contributed by atoms with van der Waals surface area (Å²) in [6.07, 6.45) is 7.10. The third-order valence-corrected chi connectivity index (χ3v) is 9.62. The predicted molar refractivity (Wildman–Crippen MR) is 183 cm³/mol. The van der Waals surface area contributed by atoms with Crippen LogP contribution >= 0.6 is 0 Å². The summed E-state index contributed by atoms with van der Waals surface area (Å²) in [6, 6.07) is 19.7. The van der Waals surface area contributed by atoms with Crippen molar-refractivity contribution in [1.29, 1.82) is 0 Å². The van der Waals surface area contributed by atoms with Crippen LogP contribution in [0.15, 0.2) is 66.9 Å². The zero-order chi connectivity index (χ0) is 32.8.